The number of nitrogens with zero attached hydrogens (tertiary/aromatic N) is 4. The Morgan fingerprint density at radius 2 is 2.18 bits per heavy atom. The first-order chi connectivity index (χ1) is 7.90. The van der Waals surface area contributed by atoms with Crippen molar-refractivity contribution >= 4 is 11.8 Å². The molecule has 0 fully saturated rings. The van der Waals surface area contributed by atoms with Crippen LogP contribution in [0.1, 0.15) is 5.82 Å². The molecule has 2 N–H and O–H groups in total. The summed E-state index contributed by atoms with van der Waals surface area (Å²) in [5.41, 5.74) is 5.35. The van der Waals surface area contributed by atoms with Gasteiger partial charge in [-0.3, -0.25) is 0 Å². The molecule has 0 spiro atoms. The maximum atomic E-state index is 12.3. The molecule has 0 aliphatic rings. The SMILES string of the molecule is Cn1c(CN)nnc1SCC(C#N)C(F)(F)F. The number of hydrogen-bond acceptors (Lipinski definition) is 5. The van der Waals surface area contributed by atoms with Crippen molar-refractivity contribution in [2.24, 2.45) is 18.7 Å². The molecule has 0 aliphatic heterocycles. The fraction of sp³-hybridized carbons (Fsp3) is 0.625. The van der Waals surface area contributed by atoms with Gasteiger partial charge in [0.05, 0.1) is 12.6 Å². The van der Waals surface area contributed by atoms with Gasteiger partial charge in [0.1, 0.15) is 5.82 Å². The maximum absolute atomic E-state index is 12.3. The molecular formula is C8H10F3N5S. The molecule has 0 saturated heterocycles. The van der Waals surface area contributed by atoms with Crippen molar-refractivity contribution in [1.29, 1.82) is 5.26 Å². The highest BCUT2D eigenvalue weighted by atomic mass is 32.2. The Labute approximate surface area is 99.8 Å². The number of halogens is 3. The van der Waals surface area contributed by atoms with Crippen molar-refractivity contribution in [3.8, 4) is 6.07 Å². The Hall–Kier alpha value is -1.27. The fourth-order valence-corrected chi connectivity index (χ4v) is 1.99. The van der Waals surface area contributed by atoms with Crippen molar-refractivity contribution < 1.29 is 13.2 Å². The Morgan fingerprint density at radius 1 is 1.53 bits per heavy atom. The van der Waals surface area contributed by atoms with E-state index < -0.39 is 17.8 Å². The highest BCUT2D eigenvalue weighted by Crippen LogP contribution is 2.30. The standard InChI is InChI=1S/C8H10F3N5S/c1-16-6(3-13)14-15-7(16)17-4-5(2-12)8(9,10)11/h5H,3-4,13H2,1H3. The number of aromatic nitrogens is 3. The van der Waals surface area contributed by atoms with E-state index in [1.807, 2.05) is 0 Å². The third kappa shape index (κ3) is 3.34. The molecule has 17 heavy (non-hydrogen) atoms. The van der Waals surface area contributed by atoms with Crippen molar-refractivity contribution in [1.82, 2.24) is 14.8 Å². The van der Waals surface area contributed by atoms with E-state index in [2.05, 4.69) is 10.2 Å². The van der Waals surface area contributed by atoms with Crippen molar-refractivity contribution in [3.05, 3.63) is 5.82 Å². The first kappa shape index (κ1) is 13.8. The predicted octanol–water partition coefficient (Wildman–Crippen LogP) is 1.07. The second kappa shape index (κ2) is 5.37. The summed E-state index contributed by atoms with van der Waals surface area (Å²) in [6.45, 7) is 0.158. The smallest absolute Gasteiger partial charge is 0.324 e. The van der Waals surface area contributed by atoms with E-state index in [1.54, 1.807) is 7.05 Å². The number of hydrogen-bond donors (Lipinski definition) is 1. The van der Waals surface area contributed by atoms with Gasteiger partial charge in [-0.15, -0.1) is 10.2 Å². The van der Waals surface area contributed by atoms with Crippen LogP contribution in [-0.4, -0.2) is 26.7 Å². The van der Waals surface area contributed by atoms with Gasteiger partial charge in [-0.2, -0.15) is 18.4 Å². The Balaban J connectivity index is 2.67. The minimum atomic E-state index is -4.52. The molecule has 1 unspecified atom stereocenters. The van der Waals surface area contributed by atoms with Crippen molar-refractivity contribution in [2.45, 2.75) is 17.9 Å². The Bertz CT molecular complexity index is 422. The molecule has 1 aromatic heterocycles. The number of thioether (sulfide) groups is 1. The third-order valence-electron chi connectivity index (χ3n) is 2.04. The van der Waals surface area contributed by atoms with E-state index in [4.69, 9.17) is 11.0 Å². The van der Waals surface area contributed by atoms with E-state index in [1.165, 1.54) is 10.6 Å². The summed E-state index contributed by atoms with van der Waals surface area (Å²) in [5.74, 6) is -1.94. The summed E-state index contributed by atoms with van der Waals surface area (Å²) in [5, 5.41) is 16.1. The average Bonchev–Trinajstić information content (AvgIpc) is 2.59. The number of alkyl halides is 3. The second-order valence-corrected chi connectivity index (χ2v) is 4.18. The maximum Gasteiger partial charge on any atom is 0.405 e. The summed E-state index contributed by atoms with van der Waals surface area (Å²) in [6, 6.07) is 1.22. The molecule has 0 radical (unpaired) electrons. The van der Waals surface area contributed by atoms with E-state index >= 15 is 0 Å². The van der Waals surface area contributed by atoms with Gasteiger partial charge in [-0.1, -0.05) is 11.8 Å². The highest BCUT2D eigenvalue weighted by molar-refractivity contribution is 7.99. The summed E-state index contributed by atoms with van der Waals surface area (Å²) >= 11 is 0.834. The largest absolute Gasteiger partial charge is 0.405 e. The lowest BCUT2D eigenvalue weighted by atomic mass is 10.2. The van der Waals surface area contributed by atoms with Gasteiger partial charge in [-0.05, 0) is 0 Å². The molecule has 0 amide bonds. The van der Waals surface area contributed by atoms with Crippen LogP contribution >= 0.6 is 11.8 Å². The molecule has 0 bridgehead atoms. The van der Waals surface area contributed by atoms with Gasteiger partial charge in [0.15, 0.2) is 11.1 Å². The van der Waals surface area contributed by atoms with Crippen LogP contribution in [0.5, 0.6) is 0 Å². The van der Waals surface area contributed by atoms with Crippen molar-refractivity contribution in [2.75, 3.05) is 5.75 Å². The zero-order valence-corrected chi connectivity index (χ0v) is 9.72. The molecule has 0 aromatic carbocycles. The first-order valence-electron chi connectivity index (χ1n) is 4.57. The van der Waals surface area contributed by atoms with Gasteiger partial charge >= 0.3 is 6.18 Å². The second-order valence-electron chi connectivity index (χ2n) is 3.20. The lowest BCUT2D eigenvalue weighted by molar-refractivity contribution is -0.152. The molecule has 0 aliphatic carbocycles. The van der Waals surface area contributed by atoms with Crippen LogP contribution in [-0.2, 0) is 13.6 Å². The Kier molecular flexibility index (Phi) is 4.36. The number of nitrogens with two attached hydrogens (primary N) is 1. The number of rotatable bonds is 4. The molecule has 1 rings (SSSR count). The Morgan fingerprint density at radius 3 is 2.59 bits per heavy atom. The zero-order chi connectivity index (χ0) is 13.1. The van der Waals surface area contributed by atoms with Gasteiger partial charge in [0.2, 0.25) is 0 Å². The fourth-order valence-electron chi connectivity index (χ4n) is 1.01. The van der Waals surface area contributed by atoms with Gasteiger partial charge in [0, 0.05) is 12.8 Å². The minimum Gasteiger partial charge on any atom is -0.324 e. The quantitative estimate of drug-likeness (QED) is 0.823. The van der Waals surface area contributed by atoms with Gasteiger partial charge in [0.25, 0.3) is 0 Å². The average molecular weight is 265 g/mol. The molecule has 5 nitrogen and oxygen atoms in total. The van der Waals surface area contributed by atoms with Crippen LogP contribution in [0.15, 0.2) is 5.16 Å². The van der Waals surface area contributed by atoms with Crippen LogP contribution < -0.4 is 5.73 Å². The number of nitriles is 1. The summed E-state index contributed by atoms with van der Waals surface area (Å²) in [7, 11) is 1.61. The van der Waals surface area contributed by atoms with E-state index in [0.717, 1.165) is 11.8 Å². The van der Waals surface area contributed by atoms with Crippen LogP contribution in [0.2, 0.25) is 0 Å². The normalized spacial score (nSPS) is 13.4. The molecule has 1 atom stereocenters. The molecule has 0 saturated carbocycles. The van der Waals surface area contributed by atoms with E-state index in [0.29, 0.717) is 11.0 Å². The van der Waals surface area contributed by atoms with Crippen LogP contribution in [0, 0.1) is 17.2 Å². The van der Waals surface area contributed by atoms with E-state index in [-0.39, 0.29) is 6.54 Å². The lowest BCUT2D eigenvalue weighted by Crippen LogP contribution is -2.23. The molecule has 94 valence electrons. The molecular weight excluding hydrogens is 255 g/mol. The molecule has 9 heteroatoms. The van der Waals surface area contributed by atoms with Crippen LogP contribution in [0.4, 0.5) is 13.2 Å². The monoisotopic (exact) mass is 265 g/mol. The van der Waals surface area contributed by atoms with Crippen LogP contribution in [0.25, 0.3) is 0 Å². The topological polar surface area (TPSA) is 80.5 Å². The van der Waals surface area contributed by atoms with Gasteiger partial charge < -0.3 is 10.3 Å². The predicted molar refractivity (Wildman–Crippen MR) is 54.8 cm³/mol. The minimum absolute atomic E-state index is 0.158. The third-order valence-corrected chi connectivity index (χ3v) is 3.15. The van der Waals surface area contributed by atoms with E-state index in [9.17, 15) is 13.2 Å². The van der Waals surface area contributed by atoms with Crippen molar-refractivity contribution in [3.63, 3.8) is 0 Å². The zero-order valence-electron chi connectivity index (χ0n) is 8.90. The summed E-state index contributed by atoms with van der Waals surface area (Å²) in [4.78, 5) is 0. The molecule has 1 heterocycles. The lowest BCUT2D eigenvalue weighted by Gasteiger charge is -2.11. The first-order valence-corrected chi connectivity index (χ1v) is 5.56. The summed E-state index contributed by atoms with van der Waals surface area (Å²) < 4.78 is 38.4. The molecule has 1 aromatic rings. The summed E-state index contributed by atoms with van der Waals surface area (Å²) in [6.07, 6.45) is -4.52. The highest BCUT2D eigenvalue weighted by Gasteiger charge is 2.40. The van der Waals surface area contributed by atoms with Crippen LogP contribution in [0.3, 0.4) is 0 Å². The van der Waals surface area contributed by atoms with Gasteiger partial charge in [-0.25, -0.2) is 0 Å².